The molecule has 546 valence electrons. The molecule has 0 radical (unpaired) electrons. The lowest BCUT2D eigenvalue weighted by Gasteiger charge is -2.33. The number of primary sulfonamides is 1. The molecule has 30 heteroatoms. The molecule has 4 aliphatic heterocycles. The SMILES string of the molecule is Cc1cncc2cccc(S(=O)(=O)N3CCCCNC[C@@H]3C)c12.Cc1cncc2cccc(S(=O)(=O)N3CCCNC[C@@H]3C)c12.Cc1cncc2cccc(S(=O)(=O)N3CCNC[C@@H]3C)c12.Cc1cncc2cccc(S(=O)(=O)N3CNC[C@@H]3C)c12.Cc1cncc2cccc(S(N)(=O)=O)c12.N. The zero-order chi connectivity index (χ0) is 72.6. The second-order valence-electron chi connectivity index (χ2n) is 26.0. The van der Waals surface area contributed by atoms with Crippen molar-refractivity contribution in [3.8, 4) is 0 Å². The molecular weight excluding hydrogens is 1400 g/mol. The van der Waals surface area contributed by atoms with E-state index in [4.69, 9.17) is 5.14 Å². The highest BCUT2D eigenvalue weighted by Gasteiger charge is 2.36. The summed E-state index contributed by atoms with van der Waals surface area (Å²) in [6.07, 6.45) is 19.6. The van der Waals surface area contributed by atoms with Crippen molar-refractivity contribution in [2.24, 2.45) is 5.14 Å². The van der Waals surface area contributed by atoms with Gasteiger partial charge in [-0.15, -0.1) is 0 Å². The predicted molar refractivity (Wildman–Crippen MR) is 403 cm³/mol. The largest absolute Gasteiger partial charge is 0.344 e. The summed E-state index contributed by atoms with van der Waals surface area (Å²) in [5.74, 6) is 0. The summed E-state index contributed by atoms with van der Waals surface area (Å²) in [4.78, 5) is 22.3. The second-order valence-corrected chi connectivity index (χ2v) is 35.0. The minimum Gasteiger partial charge on any atom is -0.344 e. The summed E-state index contributed by atoms with van der Waals surface area (Å²) in [5.41, 5.74) is 4.34. The van der Waals surface area contributed by atoms with E-state index >= 15 is 0 Å². The van der Waals surface area contributed by atoms with Gasteiger partial charge in [0, 0.05) is 192 Å². The Bertz CT molecular complexity index is 5230. The van der Waals surface area contributed by atoms with Gasteiger partial charge in [0.15, 0.2) is 0 Å². The van der Waals surface area contributed by atoms with Gasteiger partial charge >= 0.3 is 0 Å². The van der Waals surface area contributed by atoms with Crippen LogP contribution in [0, 0.1) is 34.6 Å². The Balaban J connectivity index is 0.000000149. The molecule has 0 spiro atoms. The van der Waals surface area contributed by atoms with E-state index in [0.717, 1.165) is 109 Å². The van der Waals surface area contributed by atoms with Gasteiger partial charge in [0.1, 0.15) is 0 Å². The van der Waals surface area contributed by atoms with Gasteiger partial charge in [-0.05, 0) is 153 Å². The molecule has 0 aliphatic carbocycles. The number of nitrogens with one attached hydrogen (secondary N) is 4. The Labute approximate surface area is 600 Å². The first-order valence-corrected chi connectivity index (χ1v) is 41.0. The lowest BCUT2D eigenvalue weighted by atomic mass is 10.1. The van der Waals surface area contributed by atoms with Gasteiger partial charge in [0.2, 0.25) is 50.1 Å². The molecule has 5 aromatic carbocycles. The number of pyridine rings is 5. The molecular formula is C72H93N15O10S5. The number of nitrogens with zero attached hydrogens (tertiary/aromatic N) is 9. The van der Waals surface area contributed by atoms with Crippen LogP contribution >= 0.6 is 0 Å². The maximum atomic E-state index is 13.3. The zero-order valence-corrected chi connectivity index (χ0v) is 63.2. The number of sulfonamides is 5. The van der Waals surface area contributed by atoms with Crippen LogP contribution in [0.2, 0.25) is 0 Å². The van der Waals surface area contributed by atoms with Gasteiger partial charge in [-0.2, -0.15) is 17.2 Å². The third-order valence-corrected chi connectivity index (χ3v) is 27.7. The van der Waals surface area contributed by atoms with E-state index in [1.54, 1.807) is 129 Å². The van der Waals surface area contributed by atoms with Crippen LogP contribution in [-0.2, 0) is 50.1 Å². The van der Waals surface area contributed by atoms with Gasteiger partial charge in [0.25, 0.3) is 0 Å². The molecule has 9 heterocycles. The van der Waals surface area contributed by atoms with Crippen molar-refractivity contribution in [3.63, 3.8) is 0 Å². The van der Waals surface area contributed by atoms with Gasteiger partial charge in [0.05, 0.1) is 31.1 Å². The van der Waals surface area contributed by atoms with Crippen molar-refractivity contribution in [1.29, 1.82) is 0 Å². The summed E-state index contributed by atoms with van der Waals surface area (Å²) in [6, 6.07) is 26.3. The van der Waals surface area contributed by atoms with Crippen molar-refractivity contribution in [1.82, 2.24) is 69.6 Å². The first-order chi connectivity index (χ1) is 48.1. The van der Waals surface area contributed by atoms with E-state index in [9.17, 15) is 42.1 Å². The average molecular weight is 1490 g/mol. The van der Waals surface area contributed by atoms with Crippen molar-refractivity contribution in [2.75, 3.05) is 72.1 Å². The average Bonchev–Trinajstić information content (AvgIpc) is 0.904. The molecule has 5 aromatic heterocycles. The minimum absolute atomic E-state index is 0. The topological polar surface area (TPSA) is 357 Å². The Morgan fingerprint density at radius 2 is 0.598 bits per heavy atom. The third kappa shape index (κ3) is 17.2. The summed E-state index contributed by atoms with van der Waals surface area (Å²) in [5, 5.41) is 26.0. The normalized spacial score (nSPS) is 19.3. The Morgan fingerprint density at radius 3 is 0.922 bits per heavy atom. The molecule has 4 atom stereocenters. The Kier molecular flexibility index (Phi) is 25.8. The second kappa shape index (κ2) is 33.5. The highest BCUT2D eigenvalue weighted by Crippen LogP contribution is 2.34. The van der Waals surface area contributed by atoms with Crippen LogP contribution in [0.4, 0.5) is 0 Å². The molecule has 102 heavy (non-hydrogen) atoms. The molecule has 0 bridgehead atoms. The van der Waals surface area contributed by atoms with E-state index in [2.05, 4.69) is 46.2 Å². The van der Waals surface area contributed by atoms with Crippen molar-refractivity contribution >= 4 is 104 Å². The standard InChI is InChI=1S/C17H23N3O2S.C16H21N3O2S.C15H19N3O2S.C14H17N3O2S.C10H10N2O2S.H3N/c1-13-10-19-12-15-6-5-7-16(17(13)15)23(21,22)20-9-4-3-8-18-11-14(20)2;1-12-9-18-11-14-5-3-6-15(16(12)14)22(20,21)19-8-4-7-17-10-13(19)2;1-11-8-17-10-13-4-3-5-14(15(11)13)21(19,20)18-7-6-16-9-12(18)2;1-10-6-15-8-12-4-3-5-13(14(10)12)20(18,19)17-9-16-7-11(17)2;1-7-5-12-6-8-3-2-4-9(10(7)8)15(11,13)14;/h5-7,10,12,14,18H,3-4,8-9,11H2,1-2H3;3,5-6,9,11,13,17H,4,7-8,10H2,1-2H3;3-5,8,10,12,16H,6-7,9H2,1-2H3;3-6,8,11,16H,7,9H2,1-2H3;2-6H,1H3,(H2,11,13,14);1H3/t14-;13-;12-;11-;;/m0000../s1. The lowest BCUT2D eigenvalue weighted by molar-refractivity contribution is 0.284. The number of nitrogens with two attached hydrogens (primary N) is 1. The molecule has 0 unspecified atom stereocenters. The number of aromatic nitrogens is 5. The van der Waals surface area contributed by atoms with Gasteiger partial charge in [-0.1, -0.05) is 60.7 Å². The number of benzene rings is 5. The summed E-state index contributed by atoms with van der Waals surface area (Å²) >= 11 is 0. The molecule has 4 saturated heterocycles. The molecule has 14 rings (SSSR count). The zero-order valence-electron chi connectivity index (χ0n) is 59.1. The molecule has 9 N–H and O–H groups in total. The Hall–Kier alpha value is -7.50. The van der Waals surface area contributed by atoms with Crippen LogP contribution in [-0.4, -0.2) is 181 Å². The first kappa shape index (κ1) is 78.6. The quantitative estimate of drug-likeness (QED) is 0.0787. The monoisotopic (exact) mass is 1490 g/mol. The summed E-state index contributed by atoms with van der Waals surface area (Å²) in [7, 11) is -17.7. The number of aryl methyl sites for hydroxylation is 5. The van der Waals surface area contributed by atoms with Crippen LogP contribution in [0.1, 0.15) is 74.8 Å². The summed E-state index contributed by atoms with van der Waals surface area (Å²) in [6.45, 7) is 24.4. The van der Waals surface area contributed by atoms with Gasteiger partial charge in [-0.25, -0.2) is 47.2 Å². The van der Waals surface area contributed by atoms with Crippen LogP contribution in [0.25, 0.3) is 53.9 Å². The van der Waals surface area contributed by atoms with E-state index in [0.29, 0.717) is 84.0 Å². The number of fused-ring (bicyclic) bond motifs is 5. The smallest absolute Gasteiger partial charge is 0.245 e. The molecule has 10 aromatic rings. The molecule has 4 aliphatic rings. The van der Waals surface area contributed by atoms with E-state index < -0.39 is 50.1 Å². The maximum absolute atomic E-state index is 13.3. The van der Waals surface area contributed by atoms with Crippen molar-refractivity contribution in [2.45, 2.75) is 130 Å². The van der Waals surface area contributed by atoms with E-state index in [-0.39, 0.29) is 35.2 Å². The van der Waals surface area contributed by atoms with E-state index in [1.165, 1.54) is 10.4 Å². The van der Waals surface area contributed by atoms with E-state index in [1.807, 2.05) is 92.6 Å². The highest BCUT2D eigenvalue weighted by atomic mass is 32.2. The Morgan fingerprint density at radius 1 is 0.333 bits per heavy atom. The highest BCUT2D eigenvalue weighted by molar-refractivity contribution is 7.90. The summed E-state index contributed by atoms with van der Waals surface area (Å²) < 4.78 is 134. The number of rotatable bonds is 9. The minimum atomic E-state index is -3.68. The number of hydrogen-bond donors (Lipinski definition) is 6. The first-order valence-electron chi connectivity index (χ1n) is 33.7. The van der Waals surface area contributed by atoms with Crippen LogP contribution in [0.15, 0.2) is 177 Å². The van der Waals surface area contributed by atoms with Gasteiger partial charge < -0.3 is 27.4 Å². The molecule has 0 saturated carbocycles. The van der Waals surface area contributed by atoms with Gasteiger partial charge in [-0.3, -0.25) is 24.9 Å². The molecule has 4 fully saturated rings. The fourth-order valence-electron chi connectivity index (χ4n) is 13.5. The third-order valence-electron chi connectivity index (χ3n) is 18.5. The lowest BCUT2D eigenvalue weighted by Crippen LogP contribution is -2.52. The predicted octanol–water partition coefficient (Wildman–Crippen LogP) is 8.58. The van der Waals surface area contributed by atoms with Crippen LogP contribution in [0.5, 0.6) is 0 Å². The fourth-order valence-corrected chi connectivity index (χ4v) is 22.0. The number of hydrogen-bond acceptors (Lipinski definition) is 20. The van der Waals surface area contributed by atoms with Crippen molar-refractivity contribution in [3.05, 3.63) is 181 Å². The van der Waals surface area contributed by atoms with Crippen molar-refractivity contribution < 1.29 is 42.1 Å². The fraction of sp³-hybridized carbons (Fsp3) is 0.375. The molecule has 0 amide bonds. The number of piperazine rings is 1. The molecule has 25 nitrogen and oxygen atoms in total. The maximum Gasteiger partial charge on any atom is 0.245 e. The van der Waals surface area contributed by atoms with Crippen LogP contribution in [0.3, 0.4) is 0 Å². The van der Waals surface area contributed by atoms with Crippen LogP contribution < -0.4 is 32.6 Å².